The number of nitro benzene ring substituents is 1. The van der Waals surface area contributed by atoms with Gasteiger partial charge in [0.15, 0.2) is 0 Å². The molecule has 1 aromatic carbocycles. The Morgan fingerprint density at radius 3 is 2.73 bits per heavy atom. The number of nitrogens with zero attached hydrogens (tertiary/aromatic N) is 1. The first-order valence-corrected chi connectivity index (χ1v) is 4.66. The fraction of sp³-hybridized carbons (Fsp3) is 0.400. The van der Waals surface area contributed by atoms with Gasteiger partial charge >= 0.3 is 0 Å². The standard InChI is InChI=1S/C10H14N2O3/c1-7-4-8(5-9(13)6-11)2-3-10(7)12(14)15/h2-4,9,13H,5-6,11H2,1H3. The molecule has 0 saturated heterocycles. The summed E-state index contributed by atoms with van der Waals surface area (Å²) in [5.41, 5.74) is 6.83. The molecule has 0 spiro atoms. The normalized spacial score (nSPS) is 12.5. The topological polar surface area (TPSA) is 89.4 Å². The van der Waals surface area contributed by atoms with Gasteiger partial charge in [0.2, 0.25) is 0 Å². The summed E-state index contributed by atoms with van der Waals surface area (Å²) in [7, 11) is 0. The lowest BCUT2D eigenvalue weighted by atomic mass is 10.0. The maximum atomic E-state index is 10.5. The highest BCUT2D eigenvalue weighted by Gasteiger charge is 2.11. The summed E-state index contributed by atoms with van der Waals surface area (Å²) in [4.78, 5) is 10.1. The molecular formula is C10H14N2O3. The Bertz CT molecular complexity index is 366. The van der Waals surface area contributed by atoms with Crippen LogP contribution in [0.15, 0.2) is 18.2 Å². The highest BCUT2D eigenvalue weighted by atomic mass is 16.6. The van der Waals surface area contributed by atoms with Crippen LogP contribution >= 0.6 is 0 Å². The van der Waals surface area contributed by atoms with Gasteiger partial charge in [0.1, 0.15) is 0 Å². The van der Waals surface area contributed by atoms with Crippen LogP contribution in [0.5, 0.6) is 0 Å². The molecule has 0 aliphatic carbocycles. The summed E-state index contributed by atoms with van der Waals surface area (Å²) >= 11 is 0. The van der Waals surface area contributed by atoms with Crippen molar-refractivity contribution in [2.75, 3.05) is 6.54 Å². The molecule has 0 aromatic heterocycles. The van der Waals surface area contributed by atoms with Gasteiger partial charge in [-0.05, 0) is 25.0 Å². The van der Waals surface area contributed by atoms with Gasteiger partial charge < -0.3 is 10.8 Å². The molecule has 82 valence electrons. The second-order valence-corrected chi connectivity index (χ2v) is 3.47. The number of aliphatic hydroxyl groups is 1. The third kappa shape index (κ3) is 3.00. The first-order valence-electron chi connectivity index (χ1n) is 4.66. The maximum absolute atomic E-state index is 10.5. The first kappa shape index (κ1) is 11.6. The Labute approximate surface area is 87.7 Å². The lowest BCUT2D eigenvalue weighted by Gasteiger charge is -2.08. The smallest absolute Gasteiger partial charge is 0.272 e. The van der Waals surface area contributed by atoms with Crippen LogP contribution in [0.2, 0.25) is 0 Å². The molecule has 15 heavy (non-hydrogen) atoms. The van der Waals surface area contributed by atoms with Gasteiger partial charge in [-0.2, -0.15) is 0 Å². The predicted molar refractivity (Wildman–Crippen MR) is 56.6 cm³/mol. The highest BCUT2D eigenvalue weighted by Crippen LogP contribution is 2.19. The van der Waals surface area contributed by atoms with E-state index >= 15 is 0 Å². The number of nitrogens with two attached hydrogens (primary N) is 1. The average molecular weight is 210 g/mol. The summed E-state index contributed by atoms with van der Waals surface area (Å²) in [6.45, 7) is 1.87. The van der Waals surface area contributed by atoms with Crippen LogP contribution in [0.3, 0.4) is 0 Å². The summed E-state index contributed by atoms with van der Waals surface area (Å²) in [6, 6.07) is 4.80. The number of aliphatic hydroxyl groups excluding tert-OH is 1. The van der Waals surface area contributed by atoms with Gasteiger partial charge in [-0.15, -0.1) is 0 Å². The van der Waals surface area contributed by atoms with E-state index in [-0.39, 0.29) is 12.2 Å². The van der Waals surface area contributed by atoms with Crippen molar-refractivity contribution in [3.63, 3.8) is 0 Å². The summed E-state index contributed by atoms with van der Waals surface area (Å²) in [5, 5.41) is 19.9. The van der Waals surface area contributed by atoms with Crippen molar-refractivity contribution in [3.8, 4) is 0 Å². The van der Waals surface area contributed by atoms with Crippen molar-refractivity contribution in [1.29, 1.82) is 0 Å². The zero-order chi connectivity index (χ0) is 11.4. The van der Waals surface area contributed by atoms with E-state index in [0.29, 0.717) is 12.0 Å². The largest absolute Gasteiger partial charge is 0.391 e. The van der Waals surface area contributed by atoms with E-state index in [1.54, 1.807) is 19.1 Å². The van der Waals surface area contributed by atoms with E-state index in [1.807, 2.05) is 0 Å². The maximum Gasteiger partial charge on any atom is 0.272 e. The minimum Gasteiger partial charge on any atom is -0.391 e. The molecule has 0 saturated carbocycles. The number of nitro groups is 1. The summed E-state index contributed by atoms with van der Waals surface area (Å²) < 4.78 is 0. The van der Waals surface area contributed by atoms with Crippen LogP contribution < -0.4 is 5.73 Å². The van der Waals surface area contributed by atoms with Gasteiger partial charge in [-0.1, -0.05) is 6.07 Å². The minimum atomic E-state index is -0.592. The number of aryl methyl sites for hydroxylation is 1. The lowest BCUT2D eigenvalue weighted by Crippen LogP contribution is -2.21. The fourth-order valence-corrected chi connectivity index (χ4v) is 1.40. The summed E-state index contributed by atoms with van der Waals surface area (Å²) in [5.74, 6) is 0. The molecule has 3 N–H and O–H groups in total. The van der Waals surface area contributed by atoms with Gasteiger partial charge in [-0.3, -0.25) is 10.1 Å². The van der Waals surface area contributed by atoms with E-state index in [4.69, 9.17) is 5.73 Å². The molecular weight excluding hydrogens is 196 g/mol. The average Bonchev–Trinajstić information content (AvgIpc) is 2.17. The second-order valence-electron chi connectivity index (χ2n) is 3.47. The van der Waals surface area contributed by atoms with Crippen LogP contribution in [0.1, 0.15) is 11.1 Å². The molecule has 0 aliphatic heterocycles. The monoisotopic (exact) mass is 210 g/mol. The summed E-state index contributed by atoms with van der Waals surface area (Å²) in [6.07, 6.45) is -0.166. The van der Waals surface area contributed by atoms with E-state index in [2.05, 4.69) is 0 Å². The number of hydrogen-bond acceptors (Lipinski definition) is 4. The van der Waals surface area contributed by atoms with Crippen molar-refractivity contribution >= 4 is 5.69 Å². The molecule has 0 fully saturated rings. The molecule has 0 aliphatic rings. The van der Waals surface area contributed by atoms with Crippen molar-refractivity contribution in [1.82, 2.24) is 0 Å². The van der Waals surface area contributed by atoms with Gasteiger partial charge in [0, 0.05) is 18.2 Å². The van der Waals surface area contributed by atoms with Crippen molar-refractivity contribution in [2.24, 2.45) is 5.73 Å². The molecule has 5 nitrogen and oxygen atoms in total. The van der Waals surface area contributed by atoms with Crippen LogP contribution in [0.25, 0.3) is 0 Å². The van der Waals surface area contributed by atoms with Crippen LogP contribution in [-0.4, -0.2) is 22.7 Å². The molecule has 1 aromatic rings. The first-order chi connectivity index (χ1) is 7.04. The molecule has 1 rings (SSSR count). The minimum absolute atomic E-state index is 0.0981. The SMILES string of the molecule is Cc1cc(CC(O)CN)ccc1[N+](=O)[O-]. The van der Waals surface area contributed by atoms with Crippen LogP contribution in [-0.2, 0) is 6.42 Å². The number of rotatable bonds is 4. The molecule has 5 heteroatoms. The van der Waals surface area contributed by atoms with Gasteiger partial charge in [-0.25, -0.2) is 0 Å². The molecule has 0 bridgehead atoms. The third-order valence-electron chi connectivity index (χ3n) is 2.20. The molecule has 0 radical (unpaired) electrons. The number of benzene rings is 1. The Hall–Kier alpha value is -1.46. The predicted octanol–water partition coefficient (Wildman–Crippen LogP) is 0.765. The van der Waals surface area contributed by atoms with E-state index in [1.165, 1.54) is 6.07 Å². The molecule has 0 amide bonds. The highest BCUT2D eigenvalue weighted by molar-refractivity contribution is 5.41. The zero-order valence-corrected chi connectivity index (χ0v) is 8.51. The Balaban J connectivity index is 2.87. The van der Waals surface area contributed by atoms with Crippen molar-refractivity contribution in [2.45, 2.75) is 19.4 Å². The van der Waals surface area contributed by atoms with E-state index in [9.17, 15) is 15.2 Å². The van der Waals surface area contributed by atoms with Crippen molar-refractivity contribution in [3.05, 3.63) is 39.4 Å². The van der Waals surface area contributed by atoms with Crippen LogP contribution in [0, 0.1) is 17.0 Å². The Morgan fingerprint density at radius 2 is 2.27 bits per heavy atom. The third-order valence-corrected chi connectivity index (χ3v) is 2.20. The Kier molecular flexibility index (Phi) is 3.76. The quantitative estimate of drug-likeness (QED) is 0.567. The Morgan fingerprint density at radius 1 is 1.60 bits per heavy atom. The van der Waals surface area contributed by atoms with E-state index in [0.717, 1.165) is 5.56 Å². The second kappa shape index (κ2) is 4.86. The number of hydrogen-bond donors (Lipinski definition) is 2. The van der Waals surface area contributed by atoms with Gasteiger partial charge in [0.05, 0.1) is 11.0 Å². The fourth-order valence-electron chi connectivity index (χ4n) is 1.40. The van der Waals surface area contributed by atoms with E-state index < -0.39 is 11.0 Å². The molecule has 1 unspecified atom stereocenters. The van der Waals surface area contributed by atoms with Crippen molar-refractivity contribution < 1.29 is 10.0 Å². The lowest BCUT2D eigenvalue weighted by molar-refractivity contribution is -0.385. The zero-order valence-electron chi connectivity index (χ0n) is 8.51. The van der Waals surface area contributed by atoms with Crippen LogP contribution in [0.4, 0.5) is 5.69 Å². The molecule has 0 heterocycles. The molecule has 1 atom stereocenters. The van der Waals surface area contributed by atoms with Gasteiger partial charge in [0.25, 0.3) is 5.69 Å².